The highest BCUT2D eigenvalue weighted by Crippen LogP contribution is 2.31. The Kier molecular flexibility index (Phi) is 13.8. The maximum absolute atomic E-state index is 11.8. The monoisotopic (exact) mass is 487 g/mol. The summed E-state index contributed by atoms with van der Waals surface area (Å²) < 4.78 is 16.3. The molecule has 2 N–H and O–H groups in total. The first-order valence-electron chi connectivity index (χ1n) is 10.8. The number of ether oxygens (including phenoxy) is 2. The molecule has 1 aromatic carbocycles. The highest BCUT2D eigenvalue weighted by molar-refractivity contribution is 7.48. The van der Waals surface area contributed by atoms with Gasteiger partial charge in [0, 0.05) is 25.2 Å². The van der Waals surface area contributed by atoms with Gasteiger partial charge in [-0.1, -0.05) is 13.8 Å². The topological polar surface area (TPSA) is 129 Å². The summed E-state index contributed by atoms with van der Waals surface area (Å²) in [5.41, 5.74) is -1.22. The van der Waals surface area contributed by atoms with Crippen molar-refractivity contribution in [1.82, 2.24) is 10.2 Å². The highest BCUT2D eigenvalue weighted by Gasteiger charge is 2.24. The number of nitrogens with zero attached hydrogens (tertiary/aromatic N) is 1. The van der Waals surface area contributed by atoms with Gasteiger partial charge in [0.15, 0.2) is 0 Å². The number of carbonyl (C=O) groups is 2. The second-order valence-electron chi connectivity index (χ2n) is 8.72. The summed E-state index contributed by atoms with van der Waals surface area (Å²) in [5, 5.41) is 17.0. The number of nitro benzene ring substituents is 1. The molecule has 0 fully saturated rings. The average molecular weight is 488 g/mol. The Morgan fingerprint density at radius 1 is 0.879 bits per heavy atom. The third-order valence-corrected chi connectivity index (χ3v) is 5.07. The van der Waals surface area contributed by atoms with Gasteiger partial charge in [-0.15, -0.1) is 0 Å². The number of nitrogens with one attached hydrogen (secondary N) is 2. The number of hydrogen-bond acceptors (Lipinski definition) is 9. The van der Waals surface area contributed by atoms with Crippen LogP contribution in [0, 0.1) is 20.9 Å². The van der Waals surface area contributed by atoms with Crippen molar-refractivity contribution < 1.29 is 28.5 Å². The summed E-state index contributed by atoms with van der Waals surface area (Å²) in [6.45, 7) is 15.6. The normalized spacial score (nSPS) is 11.3. The summed E-state index contributed by atoms with van der Waals surface area (Å²) >= 11 is 0. The standard InChI is InChI=1S/C20H32N3O7P.C2H6/c1-19(2,3)17(24)28-13-11-21-31(22-12-14-29-18(25)20(4,5)6)30-16-9-7-15(8-10-16)23(26)27;1-2/h7-10,21-22H,11-14H2,1-6H3;1-2H3. The van der Waals surface area contributed by atoms with Crippen molar-refractivity contribution in [2.45, 2.75) is 55.4 Å². The van der Waals surface area contributed by atoms with Gasteiger partial charge in [-0.05, 0) is 53.7 Å². The largest absolute Gasteiger partial charge is 0.464 e. The number of non-ortho nitro benzene ring substituents is 1. The minimum atomic E-state index is -1.43. The summed E-state index contributed by atoms with van der Waals surface area (Å²) in [4.78, 5) is 34.0. The molecule has 188 valence electrons. The lowest BCUT2D eigenvalue weighted by molar-refractivity contribution is -0.384. The van der Waals surface area contributed by atoms with Crippen LogP contribution in [0.15, 0.2) is 24.3 Å². The molecule has 0 aliphatic rings. The predicted octanol–water partition coefficient (Wildman–Crippen LogP) is 4.58. The fourth-order valence-electron chi connectivity index (χ4n) is 1.87. The number of carbonyl (C=O) groups excluding carboxylic acids is 2. The Balaban J connectivity index is 0.00000497. The van der Waals surface area contributed by atoms with Gasteiger partial charge >= 0.3 is 11.9 Å². The molecule has 0 atom stereocenters. The molecule has 0 radical (unpaired) electrons. The number of esters is 2. The first-order chi connectivity index (χ1) is 15.3. The van der Waals surface area contributed by atoms with Crippen molar-refractivity contribution in [3.63, 3.8) is 0 Å². The van der Waals surface area contributed by atoms with Gasteiger partial charge < -0.3 is 14.0 Å². The Bertz CT molecular complexity index is 710. The lowest BCUT2D eigenvalue weighted by Crippen LogP contribution is -2.31. The number of rotatable bonds is 11. The van der Waals surface area contributed by atoms with E-state index < -0.39 is 24.2 Å². The molecule has 0 aromatic heterocycles. The second kappa shape index (κ2) is 14.8. The van der Waals surface area contributed by atoms with Crippen LogP contribution in [0.5, 0.6) is 5.75 Å². The Morgan fingerprint density at radius 2 is 1.27 bits per heavy atom. The van der Waals surface area contributed by atoms with Crippen molar-refractivity contribution in [2.24, 2.45) is 10.8 Å². The first kappa shape index (κ1) is 30.7. The molecule has 0 unspecified atom stereocenters. The third kappa shape index (κ3) is 13.1. The van der Waals surface area contributed by atoms with E-state index in [1.54, 1.807) is 41.5 Å². The molecule has 0 bridgehead atoms. The molecule has 0 aliphatic carbocycles. The summed E-state index contributed by atoms with van der Waals surface area (Å²) in [7, 11) is -1.43. The van der Waals surface area contributed by atoms with Gasteiger partial charge in [-0.3, -0.25) is 19.7 Å². The van der Waals surface area contributed by atoms with Crippen LogP contribution in [0.3, 0.4) is 0 Å². The molecule has 0 saturated carbocycles. The van der Waals surface area contributed by atoms with E-state index in [-0.39, 0.29) is 30.8 Å². The van der Waals surface area contributed by atoms with E-state index in [9.17, 15) is 19.7 Å². The van der Waals surface area contributed by atoms with Crippen LogP contribution in [0.1, 0.15) is 55.4 Å². The number of benzene rings is 1. The molecular weight excluding hydrogens is 449 g/mol. The van der Waals surface area contributed by atoms with Gasteiger partial charge in [-0.25, -0.2) is 10.2 Å². The van der Waals surface area contributed by atoms with E-state index in [4.69, 9.17) is 14.0 Å². The van der Waals surface area contributed by atoms with Gasteiger partial charge in [0.05, 0.1) is 15.8 Å². The van der Waals surface area contributed by atoms with Gasteiger partial charge in [0.2, 0.25) is 8.45 Å². The lowest BCUT2D eigenvalue weighted by Gasteiger charge is -2.22. The SMILES string of the molecule is CC.CC(C)(C)C(=O)OCCNP(NCCOC(=O)C(C)(C)C)Oc1ccc([N+](=O)[O-])cc1. The lowest BCUT2D eigenvalue weighted by atomic mass is 9.97. The van der Waals surface area contributed by atoms with Crippen molar-refractivity contribution in [1.29, 1.82) is 0 Å². The van der Waals surface area contributed by atoms with Crippen molar-refractivity contribution in [2.75, 3.05) is 26.3 Å². The smallest absolute Gasteiger partial charge is 0.311 e. The van der Waals surface area contributed by atoms with E-state index >= 15 is 0 Å². The molecule has 11 heteroatoms. The molecular formula is C22H38N3O7P. The Hall–Kier alpha value is -2.29. The predicted molar refractivity (Wildman–Crippen MR) is 129 cm³/mol. The van der Waals surface area contributed by atoms with E-state index in [1.165, 1.54) is 24.3 Å². The summed E-state index contributed by atoms with van der Waals surface area (Å²) in [5.74, 6) is -0.191. The fraction of sp³-hybridized carbons (Fsp3) is 0.636. The number of hydrogen-bond donors (Lipinski definition) is 2. The molecule has 0 amide bonds. The minimum absolute atomic E-state index is 0.0409. The molecule has 1 rings (SSSR count). The quantitative estimate of drug-likeness (QED) is 0.151. The molecule has 0 saturated heterocycles. The van der Waals surface area contributed by atoms with Crippen molar-refractivity contribution in [3.05, 3.63) is 34.4 Å². The fourth-order valence-corrected chi connectivity index (χ4v) is 3.03. The van der Waals surface area contributed by atoms with Crippen LogP contribution in [0.25, 0.3) is 0 Å². The Morgan fingerprint density at radius 3 is 1.61 bits per heavy atom. The zero-order valence-corrected chi connectivity index (χ0v) is 21.8. The molecule has 0 spiro atoms. The minimum Gasteiger partial charge on any atom is -0.464 e. The molecule has 0 heterocycles. The van der Waals surface area contributed by atoms with Crippen LogP contribution >= 0.6 is 8.45 Å². The summed E-state index contributed by atoms with van der Waals surface area (Å²) in [6, 6.07) is 5.68. The van der Waals surface area contributed by atoms with Crippen molar-refractivity contribution >= 4 is 26.1 Å². The van der Waals surface area contributed by atoms with Crippen LogP contribution in [-0.4, -0.2) is 43.2 Å². The van der Waals surface area contributed by atoms with Crippen LogP contribution in [0.2, 0.25) is 0 Å². The highest BCUT2D eigenvalue weighted by atomic mass is 31.2. The molecule has 33 heavy (non-hydrogen) atoms. The van der Waals surface area contributed by atoms with Gasteiger partial charge in [0.1, 0.15) is 19.0 Å². The van der Waals surface area contributed by atoms with E-state index in [2.05, 4.69) is 10.2 Å². The van der Waals surface area contributed by atoms with Gasteiger partial charge in [0.25, 0.3) is 5.69 Å². The Labute approximate surface area is 197 Å². The summed E-state index contributed by atoms with van der Waals surface area (Å²) in [6.07, 6.45) is 0. The van der Waals surface area contributed by atoms with Crippen LogP contribution < -0.4 is 14.7 Å². The second-order valence-corrected chi connectivity index (χ2v) is 10.1. The third-order valence-electron chi connectivity index (χ3n) is 3.65. The van der Waals surface area contributed by atoms with Crippen molar-refractivity contribution in [3.8, 4) is 5.75 Å². The van der Waals surface area contributed by atoms with E-state index in [1.807, 2.05) is 13.8 Å². The maximum atomic E-state index is 11.8. The molecule has 1 aromatic rings. The van der Waals surface area contributed by atoms with Crippen LogP contribution in [0.4, 0.5) is 5.69 Å². The van der Waals surface area contributed by atoms with Gasteiger partial charge in [-0.2, -0.15) is 0 Å². The average Bonchev–Trinajstić information content (AvgIpc) is 2.73. The van der Waals surface area contributed by atoms with E-state index in [0.29, 0.717) is 18.8 Å². The molecule has 10 nitrogen and oxygen atoms in total. The van der Waals surface area contributed by atoms with E-state index in [0.717, 1.165) is 0 Å². The van der Waals surface area contributed by atoms with Crippen LogP contribution in [-0.2, 0) is 19.1 Å². The zero-order valence-electron chi connectivity index (χ0n) is 20.9. The zero-order chi connectivity index (χ0) is 25.7. The maximum Gasteiger partial charge on any atom is 0.311 e. The molecule has 0 aliphatic heterocycles. The first-order valence-corrected chi connectivity index (χ1v) is 12.1. The number of nitro groups is 1.